The summed E-state index contributed by atoms with van der Waals surface area (Å²) in [5, 5.41) is 0. The van der Waals surface area contributed by atoms with Gasteiger partial charge in [-0.15, -0.1) is 0 Å². The van der Waals surface area contributed by atoms with E-state index in [2.05, 4.69) is 20.7 Å². The van der Waals surface area contributed by atoms with Crippen LogP contribution in [-0.4, -0.2) is 32.9 Å². The predicted octanol–water partition coefficient (Wildman–Crippen LogP) is 1.06. The minimum Gasteiger partial charge on any atom is -0.330 e. The van der Waals surface area contributed by atoms with Crippen LogP contribution in [0, 0.1) is 0 Å². The van der Waals surface area contributed by atoms with Crippen molar-refractivity contribution >= 4 is 26.1 Å². The van der Waals surface area contributed by atoms with Crippen LogP contribution in [-0.2, 0) is 16.8 Å². The lowest BCUT2D eigenvalue weighted by molar-refractivity contribution is 0.452. The van der Waals surface area contributed by atoms with Crippen molar-refractivity contribution in [3.8, 4) is 0 Å². The Bertz CT molecular complexity index is 479. The number of nitrogens with zero attached hydrogens (tertiary/aromatic N) is 1. The number of benzene rings is 1. The van der Waals surface area contributed by atoms with Crippen molar-refractivity contribution in [3.05, 3.63) is 34.3 Å². The largest absolute Gasteiger partial charge is 0.330 e. The van der Waals surface area contributed by atoms with Gasteiger partial charge in [0.1, 0.15) is 0 Å². The average Bonchev–Trinajstić information content (AvgIpc) is 2.33. The molecule has 0 bridgehead atoms. The molecule has 0 atom stereocenters. The highest BCUT2D eigenvalue weighted by Crippen LogP contribution is 2.11. The fourth-order valence-electron chi connectivity index (χ4n) is 1.37. The molecule has 7 heteroatoms. The maximum absolute atomic E-state index is 11.9. The van der Waals surface area contributed by atoms with Crippen LogP contribution in [0.5, 0.6) is 0 Å². The molecule has 102 valence electrons. The number of rotatable bonds is 7. The lowest BCUT2D eigenvalue weighted by Gasteiger charge is -2.17. The average molecular weight is 336 g/mol. The Morgan fingerprint density at radius 2 is 2.17 bits per heavy atom. The van der Waals surface area contributed by atoms with Gasteiger partial charge in [-0.25, -0.2) is 0 Å². The molecule has 0 fully saturated rings. The summed E-state index contributed by atoms with van der Waals surface area (Å²) in [6.45, 7) is 1.17. The van der Waals surface area contributed by atoms with Crippen LogP contribution in [0.15, 0.2) is 28.7 Å². The van der Waals surface area contributed by atoms with Crippen molar-refractivity contribution in [1.29, 1.82) is 0 Å². The molecule has 0 saturated heterocycles. The first-order valence-electron chi connectivity index (χ1n) is 5.61. The second kappa shape index (κ2) is 7.20. The summed E-state index contributed by atoms with van der Waals surface area (Å²) in [5.41, 5.74) is 6.26. The zero-order valence-electron chi connectivity index (χ0n) is 10.3. The molecule has 1 aromatic rings. The lowest BCUT2D eigenvalue weighted by atomic mass is 10.2. The molecule has 0 aliphatic carbocycles. The van der Waals surface area contributed by atoms with Crippen LogP contribution in [0.1, 0.15) is 12.0 Å². The van der Waals surface area contributed by atoms with Gasteiger partial charge >= 0.3 is 0 Å². The van der Waals surface area contributed by atoms with E-state index in [0.717, 1.165) is 10.0 Å². The number of halogens is 1. The third-order valence-electron chi connectivity index (χ3n) is 2.44. The summed E-state index contributed by atoms with van der Waals surface area (Å²) in [5.74, 6) is 0. The van der Waals surface area contributed by atoms with E-state index in [1.807, 2.05) is 24.3 Å². The summed E-state index contributed by atoms with van der Waals surface area (Å²) in [6, 6.07) is 7.51. The third kappa shape index (κ3) is 5.03. The maximum Gasteiger partial charge on any atom is 0.279 e. The highest BCUT2D eigenvalue weighted by molar-refractivity contribution is 9.10. The Hall–Kier alpha value is -0.470. The minimum atomic E-state index is -3.43. The molecule has 3 N–H and O–H groups in total. The Kier molecular flexibility index (Phi) is 6.24. The fourth-order valence-corrected chi connectivity index (χ4v) is 2.75. The summed E-state index contributed by atoms with van der Waals surface area (Å²) in [4.78, 5) is 0. The van der Waals surface area contributed by atoms with Gasteiger partial charge in [-0.05, 0) is 30.7 Å². The quantitative estimate of drug-likeness (QED) is 0.782. The van der Waals surface area contributed by atoms with Gasteiger partial charge in [0.05, 0.1) is 0 Å². The molecule has 1 rings (SSSR count). The molecular weight excluding hydrogens is 318 g/mol. The molecule has 0 radical (unpaired) electrons. The molecule has 1 aromatic carbocycles. The fraction of sp³-hybridized carbons (Fsp3) is 0.455. The zero-order chi connectivity index (χ0) is 13.6. The zero-order valence-corrected chi connectivity index (χ0v) is 12.7. The van der Waals surface area contributed by atoms with Crippen molar-refractivity contribution in [2.45, 2.75) is 13.0 Å². The van der Waals surface area contributed by atoms with E-state index in [1.54, 1.807) is 7.05 Å². The van der Waals surface area contributed by atoms with Crippen LogP contribution in [0.4, 0.5) is 0 Å². The summed E-state index contributed by atoms with van der Waals surface area (Å²) < 4.78 is 28.5. The third-order valence-corrected chi connectivity index (χ3v) is 4.44. The highest BCUT2D eigenvalue weighted by Gasteiger charge is 2.16. The molecule has 0 amide bonds. The first-order valence-corrected chi connectivity index (χ1v) is 7.84. The first kappa shape index (κ1) is 15.6. The number of nitrogens with one attached hydrogen (secondary N) is 1. The van der Waals surface area contributed by atoms with Crippen molar-refractivity contribution in [3.63, 3.8) is 0 Å². The van der Waals surface area contributed by atoms with Gasteiger partial charge in [0.2, 0.25) is 0 Å². The molecule has 0 aliphatic heterocycles. The summed E-state index contributed by atoms with van der Waals surface area (Å²) >= 11 is 3.34. The van der Waals surface area contributed by atoms with Gasteiger partial charge in [-0.2, -0.15) is 17.4 Å². The standard InChI is InChI=1S/C11H18BrN3O2S/c1-15(7-3-6-13)18(16,17)14-9-10-4-2-5-11(12)8-10/h2,4-5,8,14H,3,6-7,9,13H2,1H3. The molecule has 18 heavy (non-hydrogen) atoms. The van der Waals surface area contributed by atoms with Gasteiger partial charge in [-0.3, -0.25) is 0 Å². The van der Waals surface area contributed by atoms with Crippen LogP contribution < -0.4 is 10.5 Å². The molecule has 0 aromatic heterocycles. The summed E-state index contributed by atoms with van der Waals surface area (Å²) in [7, 11) is -1.89. The SMILES string of the molecule is CN(CCCN)S(=O)(=O)NCc1cccc(Br)c1. The van der Waals surface area contributed by atoms with E-state index < -0.39 is 10.2 Å². The van der Waals surface area contributed by atoms with Gasteiger partial charge < -0.3 is 5.73 Å². The Balaban J connectivity index is 2.56. The van der Waals surface area contributed by atoms with E-state index in [0.29, 0.717) is 19.5 Å². The second-order valence-corrected chi connectivity index (χ2v) is 6.70. The molecule has 0 saturated carbocycles. The number of hydrogen-bond acceptors (Lipinski definition) is 3. The monoisotopic (exact) mass is 335 g/mol. The molecule has 5 nitrogen and oxygen atoms in total. The number of nitrogens with two attached hydrogens (primary N) is 1. The van der Waals surface area contributed by atoms with E-state index in [4.69, 9.17) is 5.73 Å². The van der Waals surface area contributed by atoms with Crippen molar-refractivity contribution in [2.24, 2.45) is 5.73 Å². The van der Waals surface area contributed by atoms with Crippen LogP contribution in [0.25, 0.3) is 0 Å². The smallest absolute Gasteiger partial charge is 0.279 e. The normalized spacial score (nSPS) is 12.0. The predicted molar refractivity (Wildman–Crippen MR) is 76.2 cm³/mol. The molecule has 0 aliphatic rings. The molecular formula is C11H18BrN3O2S. The van der Waals surface area contributed by atoms with E-state index in [9.17, 15) is 8.42 Å². The minimum absolute atomic E-state index is 0.273. The second-order valence-electron chi connectivity index (χ2n) is 3.92. The van der Waals surface area contributed by atoms with Gasteiger partial charge in [0, 0.05) is 24.6 Å². The Labute approximate surface area is 117 Å². The molecule has 0 unspecified atom stereocenters. The topological polar surface area (TPSA) is 75.4 Å². The Morgan fingerprint density at radius 1 is 1.44 bits per heavy atom. The molecule has 0 heterocycles. The van der Waals surface area contributed by atoms with Crippen molar-refractivity contribution < 1.29 is 8.42 Å². The van der Waals surface area contributed by atoms with E-state index >= 15 is 0 Å². The highest BCUT2D eigenvalue weighted by atomic mass is 79.9. The van der Waals surface area contributed by atoms with Gasteiger partial charge in [0.25, 0.3) is 10.2 Å². The van der Waals surface area contributed by atoms with Gasteiger partial charge in [0.15, 0.2) is 0 Å². The summed E-state index contributed by atoms with van der Waals surface area (Å²) in [6.07, 6.45) is 0.647. The maximum atomic E-state index is 11.9. The van der Waals surface area contributed by atoms with Crippen LogP contribution in [0.2, 0.25) is 0 Å². The van der Waals surface area contributed by atoms with E-state index in [-0.39, 0.29) is 6.54 Å². The first-order chi connectivity index (χ1) is 8.45. The van der Waals surface area contributed by atoms with Crippen LogP contribution >= 0.6 is 15.9 Å². The Morgan fingerprint density at radius 3 is 2.78 bits per heavy atom. The van der Waals surface area contributed by atoms with Crippen molar-refractivity contribution in [1.82, 2.24) is 9.03 Å². The van der Waals surface area contributed by atoms with Crippen LogP contribution in [0.3, 0.4) is 0 Å². The molecule has 0 spiro atoms. The lowest BCUT2D eigenvalue weighted by Crippen LogP contribution is -2.38. The van der Waals surface area contributed by atoms with E-state index in [1.165, 1.54) is 4.31 Å². The van der Waals surface area contributed by atoms with Crippen molar-refractivity contribution in [2.75, 3.05) is 20.1 Å². The van der Waals surface area contributed by atoms with Gasteiger partial charge in [-0.1, -0.05) is 28.1 Å². The number of hydrogen-bond donors (Lipinski definition) is 2.